The summed E-state index contributed by atoms with van der Waals surface area (Å²) in [6.45, 7) is 12.6. The van der Waals surface area contributed by atoms with Crippen molar-refractivity contribution in [2.75, 3.05) is 39.3 Å². The first-order chi connectivity index (χ1) is 9.65. The molecule has 1 heterocycles. The molecule has 1 fully saturated rings. The van der Waals surface area contributed by atoms with E-state index in [-0.39, 0.29) is 0 Å². The lowest BCUT2D eigenvalue weighted by atomic mass is 9.92. The smallest absolute Gasteiger partial charge is 0.192 e. The zero-order valence-corrected chi connectivity index (χ0v) is 13.3. The number of rotatable bonds is 6. The number of hydrogen-bond acceptors (Lipinski definition) is 2. The van der Waals surface area contributed by atoms with E-state index in [1.54, 1.807) is 0 Å². The molecule has 0 aromatic carbocycles. The molecular formula is C16H30N4. The second-order valence-electron chi connectivity index (χ2n) is 5.88. The van der Waals surface area contributed by atoms with Gasteiger partial charge in [0.2, 0.25) is 0 Å². The number of nitrogens with one attached hydrogen (secondary N) is 2. The largest absolute Gasteiger partial charge is 0.357 e. The first-order valence-corrected chi connectivity index (χ1v) is 7.83. The highest BCUT2D eigenvalue weighted by Crippen LogP contribution is 2.20. The molecule has 0 spiro atoms. The topological polar surface area (TPSA) is 39.7 Å². The standard InChI is InChI=1S/C16H30N4/c1-5-8-18-16(17-6-2)19-9-7-10-20-12-14(3)11-15(4)13-20/h1,14-15H,6-13H2,2-4H3,(H2,17,18,19). The highest BCUT2D eigenvalue weighted by Gasteiger charge is 2.20. The Bertz CT molecular complexity index is 322. The molecular weight excluding hydrogens is 248 g/mol. The molecule has 0 saturated carbocycles. The molecule has 2 N–H and O–H groups in total. The summed E-state index contributed by atoms with van der Waals surface area (Å²) < 4.78 is 0. The van der Waals surface area contributed by atoms with Crippen molar-refractivity contribution in [2.24, 2.45) is 16.8 Å². The molecule has 4 heteroatoms. The van der Waals surface area contributed by atoms with E-state index in [0.717, 1.165) is 43.9 Å². The quantitative estimate of drug-likeness (QED) is 0.335. The van der Waals surface area contributed by atoms with Crippen molar-refractivity contribution >= 4 is 5.96 Å². The number of nitrogens with zero attached hydrogens (tertiary/aromatic N) is 2. The molecule has 1 rings (SSSR count). The summed E-state index contributed by atoms with van der Waals surface area (Å²) >= 11 is 0. The maximum Gasteiger partial charge on any atom is 0.192 e. The van der Waals surface area contributed by atoms with Gasteiger partial charge in [0.1, 0.15) is 0 Å². The summed E-state index contributed by atoms with van der Waals surface area (Å²) in [5.74, 6) is 5.05. The minimum Gasteiger partial charge on any atom is -0.357 e. The second kappa shape index (κ2) is 9.66. The van der Waals surface area contributed by atoms with Crippen molar-refractivity contribution < 1.29 is 0 Å². The van der Waals surface area contributed by atoms with Gasteiger partial charge in [0.25, 0.3) is 0 Å². The average Bonchev–Trinajstić information content (AvgIpc) is 2.39. The Labute approximate surface area is 124 Å². The predicted molar refractivity (Wildman–Crippen MR) is 86.8 cm³/mol. The molecule has 0 aromatic heterocycles. The summed E-state index contributed by atoms with van der Waals surface area (Å²) in [7, 11) is 0. The van der Waals surface area contributed by atoms with E-state index in [4.69, 9.17) is 6.42 Å². The molecule has 0 aromatic rings. The van der Waals surface area contributed by atoms with Crippen molar-refractivity contribution in [3.63, 3.8) is 0 Å². The molecule has 2 unspecified atom stereocenters. The van der Waals surface area contributed by atoms with Gasteiger partial charge >= 0.3 is 0 Å². The minimum atomic E-state index is 0.521. The van der Waals surface area contributed by atoms with Gasteiger partial charge in [-0.3, -0.25) is 4.99 Å². The number of likely N-dealkylation sites (tertiary alicyclic amines) is 1. The number of hydrogen-bond donors (Lipinski definition) is 2. The maximum absolute atomic E-state index is 5.25. The fraction of sp³-hybridized carbons (Fsp3) is 0.812. The number of aliphatic imine (C=N–C) groups is 1. The number of terminal acetylenes is 1. The first kappa shape index (κ1) is 16.8. The van der Waals surface area contributed by atoms with E-state index in [9.17, 15) is 0 Å². The number of guanidine groups is 1. The first-order valence-electron chi connectivity index (χ1n) is 7.83. The van der Waals surface area contributed by atoms with Crippen molar-refractivity contribution in [1.82, 2.24) is 15.5 Å². The van der Waals surface area contributed by atoms with E-state index >= 15 is 0 Å². The summed E-state index contributed by atoms with van der Waals surface area (Å²) in [6, 6.07) is 0. The van der Waals surface area contributed by atoms with Crippen molar-refractivity contribution in [3.8, 4) is 12.3 Å². The van der Waals surface area contributed by atoms with Gasteiger partial charge in [-0.05, 0) is 38.1 Å². The minimum absolute atomic E-state index is 0.521. The summed E-state index contributed by atoms with van der Waals surface area (Å²) in [5, 5.41) is 6.31. The van der Waals surface area contributed by atoms with Crippen LogP contribution in [0.1, 0.15) is 33.6 Å². The fourth-order valence-electron chi connectivity index (χ4n) is 2.94. The predicted octanol–water partition coefficient (Wildman–Crippen LogP) is 1.54. The van der Waals surface area contributed by atoms with Crippen LogP contribution in [0.3, 0.4) is 0 Å². The molecule has 4 nitrogen and oxygen atoms in total. The van der Waals surface area contributed by atoms with Crippen LogP contribution in [0.25, 0.3) is 0 Å². The second-order valence-corrected chi connectivity index (χ2v) is 5.88. The summed E-state index contributed by atoms with van der Waals surface area (Å²) in [6.07, 6.45) is 7.72. The molecule has 1 aliphatic rings. The van der Waals surface area contributed by atoms with Crippen molar-refractivity contribution in [2.45, 2.75) is 33.6 Å². The van der Waals surface area contributed by atoms with Gasteiger partial charge in [0, 0.05) is 26.2 Å². The summed E-state index contributed by atoms with van der Waals surface area (Å²) in [5.41, 5.74) is 0. The fourth-order valence-corrected chi connectivity index (χ4v) is 2.94. The molecule has 0 amide bonds. The number of piperidine rings is 1. The zero-order chi connectivity index (χ0) is 14.8. The molecule has 2 atom stereocenters. The van der Waals surface area contributed by atoms with E-state index < -0.39 is 0 Å². The monoisotopic (exact) mass is 278 g/mol. The van der Waals surface area contributed by atoms with Gasteiger partial charge < -0.3 is 15.5 Å². The molecule has 1 aliphatic heterocycles. The highest BCUT2D eigenvalue weighted by atomic mass is 15.2. The normalized spacial score (nSPS) is 24.2. The van der Waals surface area contributed by atoms with Gasteiger partial charge in [0.05, 0.1) is 6.54 Å². The molecule has 0 aliphatic carbocycles. The van der Waals surface area contributed by atoms with Gasteiger partial charge in [-0.2, -0.15) is 0 Å². The maximum atomic E-state index is 5.25. The third kappa shape index (κ3) is 6.81. The van der Waals surface area contributed by atoms with Crippen LogP contribution in [-0.4, -0.2) is 50.1 Å². The average molecular weight is 278 g/mol. The Morgan fingerprint density at radius 2 is 2.00 bits per heavy atom. The zero-order valence-electron chi connectivity index (χ0n) is 13.3. The van der Waals surface area contributed by atoms with Crippen molar-refractivity contribution in [1.29, 1.82) is 0 Å². The molecule has 0 radical (unpaired) electrons. The van der Waals surface area contributed by atoms with E-state index in [1.807, 2.05) is 0 Å². The van der Waals surface area contributed by atoms with Gasteiger partial charge in [-0.15, -0.1) is 6.42 Å². The third-order valence-corrected chi connectivity index (χ3v) is 3.55. The highest BCUT2D eigenvalue weighted by molar-refractivity contribution is 5.79. The van der Waals surface area contributed by atoms with Crippen molar-refractivity contribution in [3.05, 3.63) is 0 Å². The van der Waals surface area contributed by atoms with Gasteiger partial charge in [-0.25, -0.2) is 0 Å². The van der Waals surface area contributed by atoms with Gasteiger partial charge in [0.15, 0.2) is 5.96 Å². The molecule has 1 saturated heterocycles. The van der Waals surface area contributed by atoms with Crippen LogP contribution < -0.4 is 10.6 Å². The van der Waals surface area contributed by atoms with E-state index in [2.05, 4.69) is 47.2 Å². The molecule has 0 bridgehead atoms. The van der Waals surface area contributed by atoms with Crippen LogP contribution in [0.2, 0.25) is 0 Å². The lowest BCUT2D eigenvalue weighted by molar-refractivity contribution is 0.140. The van der Waals surface area contributed by atoms with E-state index in [0.29, 0.717) is 6.54 Å². The third-order valence-electron chi connectivity index (χ3n) is 3.55. The molecule has 20 heavy (non-hydrogen) atoms. The van der Waals surface area contributed by atoms with Crippen LogP contribution >= 0.6 is 0 Å². The van der Waals surface area contributed by atoms with Crippen LogP contribution in [0.15, 0.2) is 4.99 Å². The van der Waals surface area contributed by atoms with Crippen LogP contribution in [0.5, 0.6) is 0 Å². The Morgan fingerprint density at radius 3 is 2.60 bits per heavy atom. The van der Waals surface area contributed by atoms with Gasteiger partial charge in [-0.1, -0.05) is 19.8 Å². The Balaban J connectivity index is 2.26. The Hall–Kier alpha value is -1.21. The van der Waals surface area contributed by atoms with E-state index in [1.165, 1.54) is 19.5 Å². The SMILES string of the molecule is C#CCNC(=NCCCN1CC(C)CC(C)C1)NCC. The van der Waals surface area contributed by atoms with Crippen LogP contribution in [0, 0.1) is 24.2 Å². The Morgan fingerprint density at radius 1 is 1.30 bits per heavy atom. The molecule has 114 valence electrons. The lowest BCUT2D eigenvalue weighted by Gasteiger charge is -2.34. The summed E-state index contributed by atoms with van der Waals surface area (Å²) in [4.78, 5) is 7.13. The lowest BCUT2D eigenvalue weighted by Crippen LogP contribution is -2.39. The van der Waals surface area contributed by atoms with Crippen LogP contribution in [-0.2, 0) is 0 Å². The van der Waals surface area contributed by atoms with Crippen LogP contribution in [0.4, 0.5) is 0 Å². The Kier molecular flexibility index (Phi) is 8.13.